The van der Waals surface area contributed by atoms with Crippen molar-refractivity contribution in [2.24, 2.45) is 0 Å². The lowest BCUT2D eigenvalue weighted by atomic mass is 9.94. The molecular formula is C40H24N4. The molecule has 0 radical (unpaired) electrons. The van der Waals surface area contributed by atoms with E-state index in [2.05, 4.69) is 94.9 Å². The summed E-state index contributed by atoms with van der Waals surface area (Å²) >= 11 is 0. The van der Waals surface area contributed by atoms with Gasteiger partial charge in [-0.3, -0.25) is 15.0 Å². The molecule has 0 spiro atoms. The molecule has 4 heteroatoms. The third kappa shape index (κ3) is 3.92. The maximum atomic E-state index is 5.32. The molecule has 0 N–H and O–H groups in total. The molecule has 4 heterocycles. The highest BCUT2D eigenvalue weighted by Crippen LogP contribution is 2.37. The summed E-state index contributed by atoms with van der Waals surface area (Å²) in [4.78, 5) is 18.5. The minimum Gasteiger partial charge on any atom is -0.265 e. The molecule has 4 nitrogen and oxygen atoms in total. The highest BCUT2D eigenvalue weighted by atomic mass is 14.7. The zero-order valence-corrected chi connectivity index (χ0v) is 23.6. The SMILES string of the molecule is c1cnc2c(c1)ccc1c3ccc4c(ccc5ccc(-c6cc(-c7ccncc7)cc(-c7ccncc7)c6)nc54)c3ccc12. The molecular weight excluding hydrogens is 536 g/mol. The Labute approximate surface area is 253 Å². The maximum Gasteiger partial charge on any atom is 0.0788 e. The van der Waals surface area contributed by atoms with Crippen LogP contribution in [0, 0.1) is 0 Å². The summed E-state index contributed by atoms with van der Waals surface area (Å²) in [5, 5.41) is 9.47. The van der Waals surface area contributed by atoms with Crippen LogP contribution >= 0.6 is 0 Å². The predicted octanol–water partition coefficient (Wildman–Crippen LogP) is 10.0. The van der Waals surface area contributed by atoms with Crippen LogP contribution in [0.25, 0.3) is 87.6 Å². The average molecular weight is 561 g/mol. The topological polar surface area (TPSA) is 51.6 Å². The molecule has 9 rings (SSSR count). The van der Waals surface area contributed by atoms with E-state index in [1.807, 2.05) is 61.3 Å². The standard InChI is InChI=1S/C40H24N4/c1-2-27-3-6-34-32-9-11-37-35(33(32)8-10-36(34)39(27)43-17-1)7-4-28-5-12-38(44-40(28)37)31-23-29(25-13-18-41-19-14-25)22-30(24-31)26-15-20-42-21-16-26/h1-24H. The van der Waals surface area contributed by atoms with Crippen LogP contribution in [0.5, 0.6) is 0 Å². The molecule has 0 unspecified atom stereocenters. The van der Waals surface area contributed by atoms with Gasteiger partial charge in [-0.15, -0.1) is 0 Å². The quantitative estimate of drug-likeness (QED) is 0.202. The van der Waals surface area contributed by atoms with Crippen LogP contribution < -0.4 is 0 Å². The van der Waals surface area contributed by atoms with Gasteiger partial charge in [0.15, 0.2) is 0 Å². The Kier molecular flexibility index (Phi) is 5.47. The van der Waals surface area contributed by atoms with Gasteiger partial charge in [0.2, 0.25) is 0 Å². The van der Waals surface area contributed by atoms with Crippen molar-refractivity contribution in [2.75, 3.05) is 0 Å². The van der Waals surface area contributed by atoms with E-state index in [9.17, 15) is 0 Å². The first kappa shape index (κ1) is 24.6. The second-order valence-corrected chi connectivity index (χ2v) is 11.2. The minimum absolute atomic E-state index is 0.937. The summed E-state index contributed by atoms with van der Waals surface area (Å²) < 4.78 is 0. The number of benzene rings is 5. The Morgan fingerprint density at radius 3 is 1.45 bits per heavy atom. The van der Waals surface area contributed by atoms with E-state index in [0.29, 0.717) is 0 Å². The van der Waals surface area contributed by atoms with Gasteiger partial charge in [-0.25, -0.2) is 4.98 Å². The fraction of sp³-hybridized carbons (Fsp3) is 0. The van der Waals surface area contributed by atoms with Gasteiger partial charge in [0.05, 0.1) is 16.7 Å². The van der Waals surface area contributed by atoms with Crippen molar-refractivity contribution in [1.29, 1.82) is 0 Å². The second-order valence-electron chi connectivity index (χ2n) is 11.2. The lowest BCUT2D eigenvalue weighted by Crippen LogP contribution is -1.91. The van der Waals surface area contributed by atoms with Gasteiger partial charge >= 0.3 is 0 Å². The smallest absolute Gasteiger partial charge is 0.0788 e. The molecule has 0 aliphatic carbocycles. The number of nitrogens with zero attached hydrogens (tertiary/aromatic N) is 4. The Morgan fingerprint density at radius 2 is 0.818 bits per heavy atom. The third-order valence-electron chi connectivity index (χ3n) is 8.68. The largest absolute Gasteiger partial charge is 0.265 e. The second kappa shape index (κ2) is 9.79. The molecule has 204 valence electrons. The van der Waals surface area contributed by atoms with Crippen molar-refractivity contribution in [2.45, 2.75) is 0 Å². The number of hydrogen-bond acceptors (Lipinski definition) is 4. The van der Waals surface area contributed by atoms with Gasteiger partial charge in [-0.05, 0) is 98.4 Å². The van der Waals surface area contributed by atoms with Crippen LogP contribution in [0.3, 0.4) is 0 Å². The monoisotopic (exact) mass is 560 g/mol. The summed E-state index contributed by atoms with van der Waals surface area (Å²) in [5.41, 5.74) is 8.52. The third-order valence-corrected chi connectivity index (χ3v) is 8.68. The number of pyridine rings is 4. The predicted molar refractivity (Wildman–Crippen MR) is 181 cm³/mol. The van der Waals surface area contributed by atoms with Crippen LogP contribution in [0.2, 0.25) is 0 Å². The van der Waals surface area contributed by atoms with Crippen molar-refractivity contribution >= 4 is 54.1 Å². The van der Waals surface area contributed by atoms with E-state index < -0.39 is 0 Å². The van der Waals surface area contributed by atoms with Crippen molar-refractivity contribution in [3.05, 3.63) is 146 Å². The molecule has 4 aromatic heterocycles. The molecule has 5 aromatic carbocycles. The zero-order valence-electron chi connectivity index (χ0n) is 23.6. The van der Waals surface area contributed by atoms with Crippen LogP contribution in [-0.4, -0.2) is 19.9 Å². The zero-order chi connectivity index (χ0) is 29.0. The Morgan fingerprint density at radius 1 is 0.341 bits per heavy atom. The first-order valence-electron chi connectivity index (χ1n) is 14.7. The molecule has 0 aliphatic rings. The van der Waals surface area contributed by atoms with Gasteiger partial charge < -0.3 is 0 Å². The van der Waals surface area contributed by atoms with Crippen LogP contribution in [0.15, 0.2) is 146 Å². The molecule has 0 saturated heterocycles. The number of hydrogen-bond donors (Lipinski definition) is 0. The summed E-state index contributed by atoms with van der Waals surface area (Å²) in [5.74, 6) is 0. The van der Waals surface area contributed by atoms with Crippen molar-refractivity contribution in [3.63, 3.8) is 0 Å². The number of fused-ring (bicyclic) bond motifs is 9. The average Bonchev–Trinajstić information content (AvgIpc) is 3.11. The van der Waals surface area contributed by atoms with Crippen LogP contribution in [-0.2, 0) is 0 Å². The molecule has 0 amide bonds. The first-order chi connectivity index (χ1) is 21.8. The van der Waals surface area contributed by atoms with Crippen molar-refractivity contribution < 1.29 is 0 Å². The van der Waals surface area contributed by atoms with E-state index in [-0.39, 0.29) is 0 Å². The van der Waals surface area contributed by atoms with Gasteiger partial charge in [-0.2, -0.15) is 0 Å². The molecule has 9 aromatic rings. The normalized spacial score (nSPS) is 11.6. The Balaban J connectivity index is 1.26. The summed E-state index contributed by atoms with van der Waals surface area (Å²) in [6.45, 7) is 0. The van der Waals surface area contributed by atoms with E-state index in [4.69, 9.17) is 9.97 Å². The molecule has 0 saturated carbocycles. The highest BCUT2D eigenvalue weighted by molar-refractivity contribution is 6.24. The highest BCUT2D eigenvalue weighted by Gasteiger charge is 2.13. The van der Waals surface area contributed by atoms with E-state index in [1.165, 1.54) is 26.9 Å². The molecule has 0 aliphatic heterocycles. The molecule has 0 atom stereocenters. The summed E-state index contributed by atoms with van der Waals surface area (Å²) in [7, 11) is 0. The van der Waals surface area contributed by atoms with E-state index >= 15 is 0 Å². The van der Waals surface area contributed by atoms with Crippen LogP contribution in [0.1, 0.15) is 0 Å². The maximum absolute atomic E-state index is 5.32. The van der Waals surface area contributed by atoms with E-state index in [1.54, 1.807) is 0 Å². The van der Waals surface area contributed by atoms with Crippen molar-refractivity contribution in [1.82, 2.24) is 19.9 Å². The Hall–Kier alpha value is -6.00. The lowest BCUT2D eigenvalue weighted by Gasteiger charge is -2.13. The van der Waals surface area contributed by atoms with Gasteiger partial charge in [0.25, 0.3) is 0 Å². The number of aromatic nitrogens is 4. The minimum atomic E-state index is 0.937. The summed E-state index contributed by atoms with van der Waals surface area (Å²) in [6, 6.07) is 41.0. The molecule has 44 heavy (non-hydrogen) atoms. The fourth-order valence-electron chi connectivity index (χ4n) is 6.53. The lowest BCUT2D eigenvalue weighted by molar-refractivity contribution is 1.32. The van der Waals surface area contributed by atoms with Gasteiger partial charge in [-0.1, -0.05) is 60.7 Å². The summed E-state index contributed by atoms with van der Waals surface area (Å²) in [6.07, 6.45) is 9.21. The van der Waals surface area contributed by atoms with E-state index in [0.717, 1.165) is 60.7 Å². The molecule has 0 fully saturated rings. The van der Waals surface area contributed by atoms with Crippen LogP contribution in [0.4, 0.5) is 0 Å². The molecule has 0 bridgehead atoms. The Bertz CT molecular complexity index is 2480. The van der Waals surface area contributed by atoms with Gasteiger partial charge in [0.1, 0.15) is 0 Å². The van der Waals surface area contributed by atoms with Gasteiger partial charge in [0, 0.05) is 58.1 Å². The number of rotatable bonds is 3. The van der Waals surface area contributed by atoms with Crippen molar-refractivity contribution in [3.8, 4) is 33.5 Å². The fourth-order valence-corrected chi connectivity index (χ4v) is 6.53. The first-order valence-corrected chi connectivity index (χ1v) is 14.7.